The summed E-state index contributed by atoms with van der Waals surface area (Å²) in [5, 5.41) is 6.14. The predicted molar refractivity (Wildman–Crippen MR) is 148 cm³/mol. The second-order valence-corrected chi connectivity index (χ2v) is 9.64. The van der Waals surface area contributed by atoms with Crippen LogP contribution in [0, 0.1) is 0 Å². The minimum Gasteiger partial charge on any atom is -0.371 e. The standard InChI is InChI=1S/C31H37N3O2/c1-3-4-11-24-14-16-26(17-15-24)30(35)33-27-18-19-29(34-20-9-6-10-21-34)28(22-27)31(36)32-23(2)25-12-7-5-8-13-25/h5,7-8,12-19,22-23H,3-4,6,9-11,20-21H2,1-2H3,(H,32,36)(H,33,35). The molecule has 3 aromatic rings. The van der Waals surface area contributed by atoms with Gasteiger partial charge < -0.3 is 15.5 Å². The molecule has 1 heterocycles. The van der Waals surface area contributed by atoms with Crippen LogP contribution in [-0.2, 0) is 6.42 Å². The molecule has 0 spiro atoms. The van der Waals surface area contributed by atoms with Gasteiger partial charge in [0.25, 0.3) is 11.8 Å². The lowest BCUT2D eigenvalue weighted by atomic mass is 10.0. The molecule has 1 unspecified atom stereocenters. The van der Waals surface area contributed by atoms with E-state index < -0.39 is 0 Å². The van der Waals surface area contributed by atoms with Crippen LogP contribution in [0.1, 0.15) is 83.8 Å². The molecule has 1 atom stereocenters. The van der Waals surface area contributed by atoms with Gasteiger partial charge in [-0.05, 0) is 80.5 Å². The minimum atomic E-state index is -0.174. The first-order valence-electron chi connectivity index (χ1n) is 13.2. The summed E-state index contributed by atoms with van der Waals surface area (Å²) in [5.41, 5.74) is 5.04. The zero-order valence-corrected chi connectivity index (χ0v) is 21.4. The van der Waals surface area contributed by atoms with Crippen molar-refractivity contribution >= 4 is 23.2 Å². The quantitative estimate of drug-likeness (QED) is 0.353. The van der Waals surface area contributed by atoms with Gasteiger partial charge in [0, 0.05) is 30.0 Å². The smallest absolute Gasteiger partial charge is 0.255 e. The van der Waals surface area contributed by atoms with E-state index in [2.05, 4.69) is 22.5 Å². The molecule has 1 fully saturated rings. The largest absolute Gasteiger partial charge is 0.371 e. The second-order valence-electron chi connectivity index (χ2n) is 9.64. The number of hydrogen-bond donors (Lipinski definition) is 2. The van der Waals surface area contributed by atoms with E-state index in [0.717, 1.165) is 56.4 Å². The van der Waals surface area contributed by atoms with Crippen molar-refractivity contribution in [2.45, 2.75) is 58.4 Å². The third-order valence-corrected chi connectivity index (χ3v) is 6.88. The predicted octanol–water partition coefficient (Wildman–Crippen LogP) is 6.76. The zero-order valence-electron chi connectivity index (χ0n) is 21.4. The summed E-state index contributed by atoms with van der Waals surface area (Å²) < 4.78 is 0. The fourth-order valence-electron chi connectivity index (χ4n) is 4.71. The lowest BCUT2D eigenvalue weighted by molar-refractivity contribution is 0.0939. The lowest BCUT2D eigenvalue weighted by Crippen LogP contribution is -2.33. The Bertz CT molecular complexity index is 1150. The van der Waals surface area contributed by atoms with Gasteiger partial charge in [0.05, 0.1) is 11.6 Å². The van der Waals surface area contributed by atoms with E-state index in [4.69, 9.17) is 0 Å². The average molecular weight is 484 g/mol. The Morgan fingerprint density at radius 3 is 2.31 bits per heavy atom. The van der Waals surface area contributed by atoms with Crippen LogP contribution in [0.4, 0.5) is 11.4 Å². The maximum absolute atomic E-state index is 13.5. The van der Waals surface area contributed by atoms with E-state index in [-0.39, 0.29) is 17.9 Å². The monoisotopic (exact) mass is 483 g/mol. The van der Waals surface area contributed by atoms with Gasteiger partial charge in [-0.1, -0.05) is 55.8 Å². The molecule has 0 radical (unpaired) electrons. The highest BCUT2D eigenvalue weighted by molar-refractivity contribution is 6.06. The fraction of sp³-hybridized carbons (Fsp3) is 0.355. The number of amides is 2. The van der Waals surface area contributed by atoms with Crippen molar-refractivity contribution in [3.8, 4) is 0 Å². The van der Waals surface area contributed by atoms with Crippen molar-refractivity contribution in [3.05, 3.63) is 95.1 Å². The number of aryl methyl sites for hydroxylation is 1. The van der Waals surface area contributed by atoms with E-state index in [9.17, 15) is 9.59 Å². The van der Waals surface area contributed by atoms with Gasteiger partial charge in [0.2, 0.25) is 0 Å². The Labute approximate surface area is 214 Å². The molecule has 2 amide bonds. The average Bonchev–Trinajstić information content (AvgIpc) is 2.93. The number of carbonyl (C=O) groups is 2. The molecule has 0 saturated carbocycles. The van der Waals surface area contributed by atoms with Crippen molar-refractivity contribution in [2.75, 3.05) is 23.3 Å². The molecule has 1 aliphatic heterocycles. The number of hydrogen-bond acceptors (Lipinski definition) is 3. The van der Waals surface area contributed by atoms with E-state index in [0.29, 0.717) is 16.8 Å². The van der Waals surface area contributed by atoms with Crippen LogP contribution in [0.15, 0.2) is 72.8 Å². The first-order chi connectivity index (χ1) is 17.5. The van der Waals surface area contributed by atoms with Crippen molar-refractivity contribution in [1.29, 1.82) is 0 Å². The summed E-state index contributed by atoms with van der Waals surface area (Å²) in [5.74, 6) is -0.310. The maximum Gasteiger partial charge on any atom is 0.255 e. The molecule has 5 heteroatoms. The molecule has 0 aromatic heterocycles. The highest BCUT2D eigenvalue weighted by Crippen LogP contribution is 2.28. The molecule has 1 saturated heterocycles. The van der Waals surface area contributed by atoms with Crippen molar-refractivity contribution in [3.63, 3.8) is 0 Å². The summed E-state index contributed by atoms with van der Waals surface area (Å²) in [7, 11) is 0. The first kappa shape index (κ1) is 25.5. The Morgan fingerprint density at radius 1 is 0.889 bits per heavy atom. The van der Waals surface area contributed by atoms with Crippen LogP contribution in [0.5, 0.6) is 0 Å². The van der Waals surface area contributed by atoms with Crippen LogP contribution < -0.4 is 15.5 Å². The summed E-state index contributed by atoms with van der Waals surface area (Å²) >= 11 is 0. The first-order valence-corrected chi connectivity index (χ1v) is 13.2. The SMILES string of the molecule is CCCCc1ccc(C(=O)Nc2ccc(N3CCCCC3)c(C(=O)NC(C)c3ccccc3)c2)cc1. The lowest BCUT2D eigenvalue weighted by Gasteiger charge is -2.31. The summed E-state index contributed by atoms with van der Waals surface area (Å²) in [4.78, 5) is 28.7. The van der Waals surface area contributed by atoms with Crippen LogP contribution in [-0.4, -0.2) is 24.9 Å². The minimum absolute atomic E-state index is 0.127. The van der Waals surface area contributed by atoms with Gasteiger partial charge in [-0.3, -0.25) is 9.59 Å². The molecule has 0 aliphatic carbocycles. The number of piperidine rings is 1. The Balaban J connectivity index is 1.54. The maximum atomic E-state index is 13.5. The number of rotatable bonds is 9. The van der Waals surface area contributed by atoms with Gasteiger partial charge in [0.1, 0.15) is 0 Å². The summed E-state index contributed by atoms with van der Waals surface area (Å²) in [6.45, 7) is 6.04. The van der Waals surface area contributed by atoms with Gasteiger partial charge in [0.15, 0.2) is 0 Å². The Kier molecular flexibility index (Phi) is 8.77. The molecular weight excluding hydrogens is 446 g/mol. The number of nitrogens with zero attached hydrogens (tertiary/aromatic N) is 1. The third-order valence-electron chi connectivity index (χ3n) is 6.88. The molecule has 2 N–H and O–H groups in total. The highest BCUT2D eigenvalue weighted by Gasteiger charge is 2.21. The number of anilines is 2. The molecule has 1 aliphatic rings. The topological polar surface area (TPSA) is 61.4 Å². The van der Waals surface area contributed by atoms with Gasteiger partial charge >= 0.3 is 0 Å². The number of carbonyl (C=O) groups excluding carboxylic acids is 2. The number of nitrogens with one attached hydrogen (secondary N) is 2. The highest BCUT2D eigenvalue weighted by atomic mass is 16.2. The van der Waals surface area contributed by atoms with Crippen LogP contribution in [0.25, 0.3) is 0 Å². The Hall–Kier alpha value is -3.60. The van der Waals surface area contributed by atoms with E-state index >= 15 is 0 Å². The number of unbranched alkanes of at least 4 members (excludes halogenated alkanes) is 1. The van der Waals surface area contributed by atoms with Crippen molar-refractivity contribution in [1.82, 2.24) is 5.32 Å². The van der Waals surface area contributed by atoms with Crippen LogP contribution in [0.3, 0.4) is 0 Å². The third kappa shape index (κ3) is 6.54. The fourth-order valence-corrected chi connectivity index (χ4v) is 4.71. The van der Waals surface area contributed by atoms with Gasteiger partial charge in [-0.25, -0.2) is 0 Å². The molecule has 36 heavy (non-hydrogen) atoms. The van der Waals surface area contributed by atoms with Crippen LogP contribution in [0.2, 0.25) is 0 Å². The van der Waals surface area contributed by atoms with Crippen LogP contribution >= 0.6 is 0 Å². The molecule has 5 nitrogen and oxygen atoms in total. The number of benzene rings is 3. The van der Waals surface area contributed by atoms with E-state index in [1.165, 1.54) is 12.0 Å². The summed E-state index contributed by atoms with van der Waals surface area (Å²) in [6, 6.07) is 23.3. The molecule has 4 rings (SSSR count). The van der Waals surface area contributed by atoms with E-state index in [1.54, 1.807) is 0 Å². The Morgan fingerprint density at radius 2 is 1.61 bits per heavy atom. The molecule has 0 bridgehead atoms. The normalized spacial score (nSPS) is 14.2. The zero-order chi connectivity index (χ0) is 25.3. The summed E-state index contributed by atoms with van der Waals surface area (Å²) in [6.07, 6.45) is 6.77. The van der Waals surface area contributed by atoms with Crippen molar-refractivity contribution < 1.29 is 9.59 Å². The van der Waals surface area contributed by atoms with E-state index in [1.807, 2.05) is 79.7 Å². The molecule has 3 aromatic carbocycles. The second kappa shape index (κ2) is 12.4. The molecule has 188 valence electrons. The molecular formula is C31H37N3O2. The van der Waals surface area contributed by atoms with Gasteiger partial charge in [-0.15, -0.1) is 0 Å². The van der Waals surface area contributed by atoms with Crippen molar-refractivity contribution in [2.24, 2.45) is 0 Å². The van der Waals surface area contributed by atoms with Gasteiger partial charge in [-0.2, -0.15) is 0 Å².